The number of benzene rings is 3. The second kappa shape index (κ2) is 12.0. The number of carbonyl (C=O) groups excluding carboxylic acids is 3. The smallest absolute Gasteiger partial charge is 0.323 e. The molecule has 0 bridgehead atoms. The molecule has 3 amide bonds. The van der Waals surface area contributed by atoms with Crippen LogP contribution in [0.15, 0.2) is 78.9 Å². The van der Waals surface area contributed by atoms with Gasteiger partial charge in [-0.1, -0.05) is 72.0 Å². The highest BCUT2D eigenvalue weighted by molar-refractivity contribution is 7.19. The number of ether oxygens (including phenoxy) is 1. The fourth-order valence-electron chi connectivity index (χ4n) is 3.60. The van der Waals surface area contributed by atoms with Crippen LogP contribution in [-0.2, 0) is 27.2 Å². The zero-order chi connectivity index (χ0) is 26.2. The summed E-state index contributed by atoms with van der Waals surface area (Å²) in [6.07, 6.45) is 0.140. The molecule has 8 nitrogen and oxygen atoms in total. The summed E-state index contributed by atoms with van der Waals surface area (Å²) in [5.41, 5.74) is 4.55. The summed E-state index contributed by atoms with van der Waals surface area (Å²) in [4.78, 5) is 42.1. The van der Waals surface area contributed by atoms with Crippen LogP contribution in [0, 0.1) is 6.92 Å². The molecule has 0 spiro atoms. The average Bonchev–Trinajstić information content (AvgIpc) is 3.28. The largest absolute Gasteiger partial charge is 0.469 e. The van der Waals surface area contributed by atoms with Crippen molar-refractivity contribution in [3.63, 3.8) is 0 Å². The number of urea groups is 1. The second-order valence-corrected chi connectivity index (χ2v) is 9.23. The number of thiazole rings is 1. The number of anilines is 3. The molecule has 0 aliphatic carbocycles. The zero-order valence-electron chi connectivity index (χ0n) is 20.4. The van der Waals surface area contributed by atoms with Crippen LogP contribution in [0.1, 0.15) is 16.8 Å². The molecule has 188 valence electrons. The van der Waals surface area contributed by atoms with E-state index in [9.17, 15) is 14.4 Å². The highest BCUT2D eigenvalue weighted by atomic mass is 32.1. The zero-order valence-corrected chi connectivity index (χ0v) is 21.2. The number of aromatic nitrogens is 1. The molecule has 4 rings (SSSR count). The molecule has 3 aromatic carbocycles. The van der Waals surface area contributed by atoms with E-state index in [1.807, 2.05) is 61.5 Å². The van der Waals surface area contributed by atoms with Gasteiger partial charge in [0.2, 0.25) is 5.91 Å². The lowest BCUT2D eigenvalue weighted by Gasteiger charge is -2.10. The molecular formula is C28H26N4O4S. The van der Waals surface area contributed by atoms with Crippen molar-refractivity contribution in [2.75, 3.05) is 23.1 Å². The quantitative estimate of drug-likeness (QED) is 0.263. The molecule has 0 aliphatic rings. The highest BCUT2D eigenvalue weighted by Crippen LogP contribution is 2.33. The monoisotopic (exact) mass is 514 g/mol. The van der Waals surface area contributed by atoms with Crippen molar-refractivity contribution in [1.29, 1.82) is 0 Å². The number of para-hydroxylation sites is 1. The van der Waals surface area contributed by atoms with Crippen molar-refractivity contribution in [3.05, 3.63) is 95.7 Å². The molecule has 0 atom stereocenters. The first-order chi connectivity index (χ1) is 17.9. The van der Waals surface area contributed by atoms with Crippen LogP contribution in [-0.4, -0.2) is 30.0 Å². The first-order valence-corrected chi connectivity index (χ1v) is 12.4. The molecule has 37 heavy (non-hydrogen) atoms. The Balaban J connectivity index is 1.37. The molecule has 1 heterocycles. The molecule has 0 unspecified atom stereocenters. The fourth-order valence-corrected chi connectivity index (χ4v) is 4.61. The lowest BCUT2D eigenvalue weighted by atomic mass is 10.1. The minimum atomic E-state index is -0.401. The Morgan fingerprint density at radius 2 is 1.54 bits per heavy atom. The predicted molar refractivity (Wildman–Crippen MR) is 146 cm³/mol. The Morgan fingerprint density at radius 1 is 0.838 bits per heavy atom. The van der Waals surface area contributed by atoms with E-state index in [-0.39, 0.29) is 24.8 Å². The highest BCUT2D eigenvalue weighted by Gasteiger charge is 2.18. The van der Waals surface area contributed by atoms with Crippen LogP contribution in [0.2, 0.25) is 0 Å². The number of carbonyl (C=O) groups is 3. The molecule has 1 aromatic heterocycles. The Morgan fingerprint density at radius 3 is 2.24 bits per heavy atom. The van der Waals surface area contributed by atoms with Gasteiger partial charge in [0.05, 0.1) is 30.5 Å². The van der Waals surface area contributed by atoms with Crippen molar-refractivity contribution in [2.45, 2.75) is 19.8 Å². The third-order valence-corrected chi connectivity index (χ3v) is 6.55. The summed E-state index contributed by atoms with van der Waals surface area (Å²) in [7, 11) is 1.33. The number of rotatable bonds is 8. The van der Waals surface area contributed by atoms with Crippen LogP contribution in [0.5, 0.6) is 0 Å². The molecule has 3 N–H and O–H groups in total. The van der Waals surface area contributed by atoms with E-state index in [4.69, 9.17) is 4.74 Å². The van der Waals surface area contributed by atoms with E-state index in [1.165, 1.54) is 18.4 Å². The number of nitrogens with zero attached hydrogens (tertiary/aromatic N) is 1. The third-order valence-electron chi connectivity index (χ3n) is 5.49. The maximum atomic E-state index is 12.7. The lowest BCUT2D eigenvalue weighted by molar-refractivity contribution is -0.139. The average molecular weight is 515 g/mol. The van der Waals surface area contributed by atoms with Gasteiger partial charge in [-0.05, 0) is 41.8 Å². The summed E-state index contributed by atoms with van der Waals surface area (Å²) in [6, 6.07) is 23.8. The van der Waals surface area contributed by atoms with E-state index < -0.39 is 5.97 Å². The minimum Gasteiger partial charge on any atom is -0.469 e. The maximum Gasteiger partial charge on any atom is 0.323 e. The van der Waals surface area contributed by atoms with E-state index in [0.29, 0.717) is 16.5 Å². The van der Waals surface area contributed by atoms with Crippen LogP contribution in [0.4, 0.5) is 21.3 Å². The normalized spacial score (nSPS) is 10.4. The molecular weight excluding hydrogens is 488 g/mol. The number of nitrogens with one attached hydrogen (secondary N) is 3. The van der Waals surface area contributed by atoms with Gasteiger partial charge in [-0.2, -0.15) is 0 Å². The van der Waals surface area contributed by atoms with Crippen LogP contribution in [0.25, 0.3) is 10.4 Å². The van der Waals surface area contributed by atoms with Gasteiger partial charge in [0.15, 0.2) is 5.13 Å². The first kappa shape index (κ1) is 25.6. The number of hydrogen-bond acceptors (Lipinski definition) is 6. The molecule has 0 fully saturated rings. The number of aryl methyl sites for hydroxylation is 1. The number of amides is 3. The fraction of sp³-hybridized carbons (Fsp3) is 0.143. The topological polar surface area (TPSA) is 109 Å². The Bertz CT molecular complexity index is 1400. The lowest BCUT2D eigenvalue weighted by Crippen LogP contribution is -2.20. The van der Waals surface area contributed by atoms with Crippen molar-refractivity contribution < 1.29 is 19.1 Å². The molecule has 0 radical (unpaired) electrons. The van der Waals surface area contributed by atoms with Gasteiger partial charge in [-0.25, -0.2) is 9.78 Å². The van der Waals surface area contributed by atoms with Gasteiger partial charge >= 0.3 is 12.0 Å². The first-order valence-electron chi connectivity index (χ1n) is 11.6. The maximum absolute atomic E-state index is 12.7. The number of esters is 1. The van der Waals surface area contributed by atoms with Crippen molar-refractivity contribution in [3.8, 4) is 10.4 Å². The van der Waals surface area contributed by atoms with Crippen molar-refractivity contribution >= 4 is 45.8 Å². The summed E-state index contributed by atoms with van der Waals surface area (Å²) in [5, 5.41) is 8.84. The third kappa shape index (κ3) is 7.02. The number of hydrogen-bond donors (Lipinski definition) is 3. The Labute approximate surface area is 218 Å². The molecule has 0 aliphatic heterocycles. The predicted octanol–water partition coefficient (Wildman–Crippen LogP) is 5.66. The van der Waals surface area contributed by atoms with Gasteiger partial charge < -0.3 is 20.7 Å². The van der Waals surface area contributed by atoms with Gasteiger partial charge in [-0.15, -0.1) is 0 Å². The molecule has 4 aromatic rings. The summed E-state index contributed by atoms with van der Waals surface area (Å²) in [5.74, 6) is -0.641. The van der Waals surface area contributed by atoms with Crippen LogP contribution >= 0.6 is 11.3 Å². The van der Waals surface area contributed by atoms with E-state index in [2.05, 4.69) is 20.9 Å². The molecule has 0 saturated heterocycles. The van der Waals surface area contributed by atoms with E-state index in [0.717, 1.165) is 27.3 Å². The summed E-state index contributed by atoms with van der Waals surface area (Å²) >= 11 is 1.31. The van der Waals surface area contributed by atoms with Gasteiger partial charge in [0, 0.05) is 11.4 Å². The molecule has 9 heteroatoms. The molecule has 0 saturated carbocycles. The minimum absolute atomic E-state index is 0.0129. The Hall–Kier alpha value is -4.50. The summed E-state index contributed by atoms with van der Waals surface area (Å²) < 4.78 is 4.79. The summed E-state index contributed by atoms with van der Waals surface area (Å²) in [6.45, 7) is 1.92. The van der Waals surface area contributed by atoms with Crippen LogP contribution in [0.3, 0.4) is 0 Å². The van der Waals surface area contributed by atoms with Crippen molar-refractivity contribution in [2.24, 2.45) is 0 Å². The SMILES string of the molecule is COC(=O)Cc1nc(NC(=O)Cc2ccc(NC(=O)Nc3ccccc3C)cc2)sc1-c1ccccc1. The van der Waals surface area contributed by atoms with Gasteiger partial charge in [0.1, 0.15) is 0 Å². The standard InChI is InChI=1S/C28H26N4O4S/c1-18-8-6-7-11-22(18)30-27(35)29-21-14-12-19(13-15-21)16-24(33)32-28-31-23(17-25(34)36-2)26(37-28)20-9-4-3-5-10-20/h3-15H,16-17H2,1-2H3,(H2,29,30,35)(H,31,32,33). The Kier molecular flexibility index (Phi) is 8.27. The van der Waals surface area contributed by atoms with Gasteiger partial charge in [0.25, 0.3) is 0 Å². The second-order valence-electron chi connectivity index (χ2n) is 8.23. The van der Waals surface area contributed by atoms with Crippen LogP contribution < -0.4 is 16.0 Å². The van der Waals surface area contributed by atoms with Gasteiger partial charge in [-0.3, -0.25) is 9.59 Å². The van der Waals surface area contributed by atoms with E-state index >= 15 is 0 Å². The van der Waals surface area contributed by atoms with E-state index in [1.54, 1.807) is 24.3 Å². The van der Waals surface area contributed by atoms with Crippen molar-refractivity contribution in [1.82, 2.24) is 4.98 Å². The number of methoxy groups -OCH3 is 1.